The maximum absolute atomic E-state index is 8.21. The van der Waals surface area contributed by atoms with E-state index in [0.717, 1.165) is 67.0 Å². The molecule has 208 valence electrons. The molecule has 0 saturated heterocycles. The minimum atomic E-state index is 0. The van der Waals surface area contributed by atoms with Crippen molar-refractivity contribution in [3.8, 4) is 34.1 Å². The smallest absolute Gasteiger partial charge is 0.509 e. The van der Waals surface area contributed by atoms with E-state index in [1.54, 1.807) is 6.07 Å². The van der Waals surface area contributed by atoms with Gasteiger partial charge in [-0.05, 0) is 61.2 Å². The summed E-state index contributed by atoms with van der Waals surface area (Å²) in [4.78, 5) is 4.65. The Morgan fingerprint density at radius 2 is 1.62 bits per heavy atom. The van der Waals surface area contributed by atoms with Crippen LogP contribution in [0.2, 0.25) is 0 Å². The Morgan fingerprint density at radius 3 is 2.43 bits per heavy atom. The number of aromatic nitrogens is 4. The van der Waals surface area contributed by atoms with Crippen molar-refractivity contribution in [3.05, 3.63) is 132 Å². The molecule has 5 nitrogen and oxygen atoms in total. The Labute approximate surface area is 261 Å². The van der Waals surface area contributed by atoms with Crippen LogP contribution in [0.1, 0.15) is 23.9 Å². The van der Waals surface area contributed by atoms with E-state index in [4.69, 9.17) is 11.2 Å². The summed E-state index contributed by atoms with van der Waals surface area (Å²) in [5.41, 5.74) is 9.04. The van der Waals surface area contributed by atoms with Crippen molar-refractivity contribution in [1.82, 2.24) is 19.3 Å². The molecule has 7 aromatic rings. The first kappa shape index (κ1) is 26.4. The van der Waals surface area contributed by atoms with Crippen LogP contribution >= 0.6 is 0 Å². The van der Waals surface area contributed by atoms with Gasteiger partial charge in [-0.1, -0.05) is 60.9 Å². The molecule has 0 aliphatic heterocycles. The third-order valence-corrected chi connectivity index (χ3v) is 7.40. The molecule has 6 heteroatoms. The number of fused-ring (bicyclic) bond motifs is 3. The standard InChI is InChI=1S/C36H28N4O.Pt/c1-23-16-17-37-35(20-23)39-33-13-9-8-12-31(33)32-15-14-29(22-34(32)39)41-30-19-24(2)18-28(21-30)40-26(4)36(25(3)38-40)27-10-6-5-7-11-27;/h5-20H,1-4H3;/q-2;+2/i8D;. The van der Waals surface area contributed by atoms with Gasteiger partial charge in [-0.3, -0.25) is 4.68 Å². The molecule has 7 rings (SSSR count). The summed E-state index contributed by atoms with van der Waals surface area (Å²) < 4.78 is 18.6. The Balaban J connectivity index is 0.00000329. The molecule has 4 aromatic carbocycles. The van der Waals surface area contributed by atoms with Crippen molar-refractivity contribution in [1.29, 1.82) is 0 Å². The van der Waals surface area contributed by atoms with E-state index in [1.807, 2.05) is 85.4 Å². The quantitative estimate of drug-likeness (QED) is 0.167. The van der Waals surface area contributed by atoms with Gasteiger partial charge < -0.3 is 9.30 Å². The summed E-state index contributed by atoms with van der Waals surface area (Å²) in [5.74, 6) is 1.94. The molecule has 0 aliphatic carbocycles. The summed E-state index contributed by atoms with van der Waals surface area (Å²) >= 11 is 0. The number of nitrogens with zero attached hydrogens (tertiary/aromatic N) is 4. The van der Waals surface area contributed by atoms with E-state index in [0.29, 0.717) is 17.5 Å². The van der Waals surface area contributed by atoms with E-state index in [9.17, 15) is 0 Å². The van der Waals surface area contributed by atoms with Gasteiger partial charge in [0.05, 0.1) is 7.06 Å². The molecule has 3 aromatic heterocycles. The van der Waals surface area contributed by atoms with Crippen molar-refractivity contribution >= 4 is 21.8 Å². The largest absolute Gasteiger partial charge is 2.00 e. The minimum Gasteiger partial charge on any atom is -0.509 e. The second kappa shape index (κ2) is 11.1. The maximum atomic E-state index is 8.21. The molecule has 0 spiro atoms. The molecule has 0 aliphatic rings. The summed E-state index contributed by atoms with van der Waals surface area (Å²) in [5, 5.41) is 6.83. The Kier molecular flexibility index (Phi) is 6.97. The number of ether oxygens (including phenoxy) is 1. The van der Waals surface area contributed by atoms with Gasteiger partial charge in [0.25, 0.3) is 0 Å². The fourth-order valence-corrected chi connectivity index (χ4v) is 5.60. The monoisotopic (exact) mass is 728 g/mol. The average molecular weight is 729 g/mol. The van der Waals surface area contributed by atoms with Crippen LogP contribution in [0.5, 0.6) is 11.5 Å². The fourth-order valence-electron chi connectivity index (χ4n) is 5.60. The van der Waals surface area contributed by atoms with Gasteiger partial charge in [-0.15, -0.1) is 35.7 Å². The zero-order valence-corrected chi connectivity index (χ0v) is 25.9. The molecule has 0 atom stereocenters. The number of para-hydroxylation sites is 1. The number of hydrogen-bond acceptors (Lipinski definition) is 3. The van der Waals surface area contributed by atoms with Crippen molar-refractivity contribution < 1.29 is 27.2 Å². The van der Waals surface area contributed by atoms with Crippen LogP contribution < -0.4 is 4.74 Å². The molecule has 42 heavy (non-hydrogen) atoms. The van der Waals surface area contributed by atoms with Crippen molar-refractivity contribution in [2.75, 3.05) is 0 Å². The Bertz CT molecular complexity index is 2130. The Morgan fingerprint density at radius 1 is 0.786 bits per heavy atom. The summed E-state index contributed by atoms with van der Waals surface area (Å²) in [6, 6.07) is 35.4. The molecule has 0 bridgehead atoms. The van der Waals surface area contributed by atoms with Crippen LogP contribution in [0.4, 0.5) is 0 Å². The minimum absolute atomic E-state index is 0. The predicted octanol–water partition coefficient (Wildman–Crippen LogP) is 8.66. The average Bonchev–Trinajstić information content (AvgIpc) is 3.45. The third kappa shape index (κ3) is 4.84. The van der Waals surface area contributed by atoms with Crippen molar-refractivity contribution in [2.24, 2.45) is 0 Å². The molecule has 0 fully saturated rings. The molecular weight excluding hydrogens is 700 g/mol. The summed E-state index contributed by atoms with van der Waals surface area (Å²) in [6.45, 7) is 8.22. The second-order valence-corrected chi connectivity index (χ2v) is 10.4. The Hall–Kier alpha value is -4.47. The summed E-state index contributed by atoms with van der Waals surface area (Å²) in [7, 11) is 0. The van der Waals surface area contributed by atoms with E-state index in [-0.39, 0.29) is 21.1 Å². The van der Waals surface area contributed by atoms with Gasteiger partial charge in [0.1, 0.15) is 5.82 Å². The molecule has 3 heterocycles. The summed E-state index contributed by atoms with van der Waals surface area (Å²) in [6.07, 6.45) is 1.81. The van der Waals surface area contributed by atoms with Crippen LogP contribution in [0, 0.1) is 39.8 Å². The second-order valence-electron chi connectivity index (χ2n) is 10.4. The normalized spacial score (nSPS) is 11.5. The third-order valence-electron chi connectivity index (χ3n) is 7.40. The van der Waals surface area contributed by atoms with Gasteiger partial charge in [0.2, 0.25) is 0 Å². The first-order chi connectivity index (χ1) is 20.4. The van der Waals surface area contributed by atoms with E-state index >= 15 is 0 Å². The molecule has 0 unspecified atom stereocenters. The van der Waals surface area contributed by atoms with E-state index in [2.05, 4.69) is 53.7 Å². The van der Waals surface area contributed by atoms with E-state index in [1.165, 1.54) is 0 Å². The molecular formula is C36H28N4OPt. The first-order valence-electron chi connectivity index (χ1n) is 14.1. The number of aryl methyl sites for hydroxylation is 3. The van der Waals surface area contributed by atoms with Crippen molar-refractivity contribution in [2.45, 2.75) is 27.7 Å². The van der Waals surface area contributed by atoms with Crippen LogP contribution in [0.25, 0.3) is 44.4 Å². The first-order valence-corrected chi connectivity index (χ1v) is 13.6. The van der Waals surface area contributed by atoms with Gasteiger partial charge in [0.15, 0.2) is 0 Å². The molecule has 0 saturated carbocycles. The zero-order valence-electron chi connectivity index (χ0n) is 24.7. The van der Waals surface area contributed by atoms with Crippen molar-refractivity contribution in [3.63, 3.8) is 0 Å². The molecule has 0 N–H and O–H groups in total. The molecule has 0 amide bonds. The van der Waals surface area contributed by atoms with Crippen LogP contribution in [-0.2, 0) is 21.1 Å². The number of hydrogen-bond donors (Lipinski definition) is 0. The van der Waals surface area contributed by atoms with Crippen LogP contribution in [0.15, 0.2) is 97.2 Å². The van der Waals surface area contributed by atoms with Crippen LogP contribution in [0.3, 0.4) is 0 Å². The molecule has 0 radical (unpaired) electrons. The van der Waals surface area contributed by atoms with E-state index < -0.39 is 0 Å². The fraction of sp³-hybridized carbons (Fsp3) is 0.111. The van der Waals surface area contributed by atoms with Crippen LogP contribution in [-0.4, -0.2) is 19.3 Å². The SMILES string of the molecule is [2H]c1ccc2c(c1)c1ccc(Oc3[c-]c(-n4nc(C)c(-c5ccccc5)c4C)cc(C)c3)[c-]c1n2-c1cc(C)ccn1.[Pt+2]. The number of pyridine rings is 1. The topological polar surface area (TPSA) is 44.9 Å². The zero-order chi connectivity index (χ0) is 29.0. The number of rotatable bonds is 5. The van der Waals surface area contributed by atoms with Gasteiger partial charge in [-0.2, -0.15) is 16.7 Å². The van der Waals surface area contributed by atoms with Gasteiger partial charge in [-0.25, -0.2) is 4.98 Å². The maximum Gasteiger partial charge on any atom is 2.00 e. The van der Waals surface area contributed by atoms with Gasteiger partial charge >= 0.3 is 21.1 Å². The number of benzene rings is 4. The van der Waals surface area contributed by atoms with Gasteiger partial charge in [0, 0.05) is 34.5 Å². The predicted molar refractivity (Wildman–Crippen MR) is 164 cm³/mol.